The second-order valence-electron chi connectivity index (χ2n) is 6.88. The van der Waals surface area contributed by atoms with Crippen LogP contribution in [0.4, 0.5) is 6.01 Å². The highest BCUT2D eigenvalue weighted by atomic mass is 16.4. The lowest BCUT2D eigenvalue weighted by molar-refractivity contribution is 0.102. The van der Waals surface area contributed by atoms with E-state index in [1.54, 1.807) is 6.07 Å². The van der Waals surface area contributed by atoms with Crippen molar-refractivity contribution in [2.75, 3.05) is 5.32 Å². The predicted octanol–water partition coefficient (Wildman–Crippen LogP) is 4.56. The topological polar surface area (TPSA) is 98.2 Å². The molecular weight excluding hydrogens is 382 g/mol. The van der Waals surface area contributed by atoms with Crippen molar-refractivity contribution in [2.24, 2.45) is 0 Å². The lowest BCUT2D eigenvalue weighted by Gasteiger charge is -2.05. The molecule has 0 fully saturated rings. The van der Waals surface area contributed by atoms with Gasteiger partial charge in [0, 0.05) is 10.9 Å². The van der Waals surface area contributed by atoms with E-state index >= 15 is 0 Å². The van der Waals surface area contributed by atoms with Crippen molar-refractivity contribution < 1.29 is 13.6 Å². The first-order chi connectivity index (χ1) is 14.6. The average Bonchev–Trinajstić information content (AvgIpc) is 3.21. The van der Waals surface area contributed by atoms with E-state index in [1.165, 1.54) is 6.07 Å². The fourth-order valence-electron chi connectivity index (χ4n) is 3.36. The van der Waals surface area contributed by atoms with Gasteiger partial charge in [0.15, 0.2) is 0 Å². The number of fused-ring (bicyclic) bond motifs is 3. The Hall–Kier alpha value is -4.26. The van der Waals surface area contributed by atoms with Gasteiger partial charge in [-0.15, -0.1) is 5.10 Å². The van der Waals surface area contributed by atoms with Crippen molar-refractivity contribution >= 4 is 33.7 Å². The van der Waals surface area contributed by atoms with Crippen molar-refractivity contribution in [1.29, 1.82) is 0 Å². The number of carbonyl (C=O) groups excluding carboxylic acids is 1. The molecule has 7 nitrogen and oxygen atoms in total. The maximum Gasteiger partial charge on any atom is 0.349 e. The van der Waals surface area contributed by atoms with Crippen LogP contribution < -0.4 is 10.9 Å². The minimum Gasteiger partial charge on any atom is -0.422 e. The second kappa shape index (κ2) is 6.97. The minimum atomic E-state index is -0.742. The Morgan fingerprint density at radius 3 is 2.63 bits per heavy atom. The molecule has 0 radical (unpaired) electrons. The molecular formula is C23H15N3O4. The predicted molar refractivity (Wildman–Crippen MR) is 112 cm³/mol. The molecule has 0 aliphatic carbocycles. The summed E-state index contributed by atoms with van der Waals surface area (Å²) in [6.45, 7) is 1.95. The van der Waals surface area contributed by atoms with Gasteiger partial charge in [-0.05, 0) is 42.0 Å². The van der Waals surface area contributed by atoms with Gasteiger partial charge in [-0.3, -0.25) is 10.1 Å². The summed E-state index contributed by atoms with van der Waals surface area (Å²) >= 11 is 0. The molecule has 2 aromatic heterocycles. The van der Waals surface area contributed by atoms with Gasteiger partial charge in [-0.25, -0.2) is 4.79 Å². The van der Waals surface area contributed by atoms with Gasteiger partial charge in [0.25, 0.3) is 5.91 Å². The van der Waals surface area contributed by atoms with E-state index in [1.807, 2.05) is 61.5 Å². The van der Waals surface area contributed by atoms with Gasteiger partial charge in [0.05, 0.1) is 0 Å². The molecule has 0 unspecified atom stereocenters. The first-order valence-corrected chi connectivity index (χ1v) is 9.26. The van der Waals surface area contributed by atoms with Crippen LogP contribution in [-0.4, -0.2) is 16.1 Å². The maximum atomic E-state index is 12.7. The molecule has 1 amide bonds. The molecule has 3 aromatic carbocycles. The van der Waals surface area contributed by atoms with E-state index in [9.17, 15) is 9.59 Å². The highest BCUT2D eigenvalue weighted by molar-refractivity contribution is 6.10. The SMILES string of the molecule is Cc1cccc(-c2nnc(NC(=O)c3cc4c(ccc5ccccc54)oc3=O)o2)c1. The molecule has 30 heavy (non-hydrogen) atoms. The van der Waals surface area contributed by atoms with E-state index in [2.05, 4.69) is 15.5 Å². The molecule has 0 atom stereocenters. The number of anilines is 1. The number of benzene rings is 3. The number of aromatic nitrogens is 2. The number of amides is 1. The van der Waals surface area contributed by atoms with Crippen LogP contribution in [-0.2, 0) is 0 Å². The summed E-state index contributed by atoms with van der Waals surface area (Å²) < 4.78 is 10.9. The lowest BCUT2D eigenvalue weighted by atomic mass is 10.0. The zero-order chi connectivity index (χ0) is 20.7. The third kappa shape index (κ3) is 3.12. The number of nitrogens with zero attached hydrogens (tertiary/aromatic N) is 2. The van der Waals surface area contributed by atoms with Crippen LogP contribution in [0.15, 0.2) is 80.4 Å². The zero-order valence-corrected chi connectivity index (χ0v) is 15.9. The first kappa shape index (κ1) is 17.8. The fourth-order valence-corrected chi connectivity index (χ4v) is 3.36. The number of hydrogen-bond acceptors (Lipinski definition) is 6. The summed E-state index contributed by atoms with van der Waals surface area (Å²) in [4.78, 5) is 25.1. The summed E-state index contributed by atoms with van der Waals surface area (Å²) in [6.07, 6.45) is 0. The Bertz CT molecular complexity index is 1480. The van der Waals surface area contributed by atoms with Crippen molar-refractivity contribution in [1.82, 2.24) is 10.2 Å². The van der Waals surface area contributed by atoms with Crippen LogP contribution in [0.1, 0.15) is 15.9 Å². The van der Waals surface area contributed by atoms with E-state index in [0.717, 1.165) is 21.9 Å². The van der Waals surface area contributed by atoms with Crippen LogP contribution >= 0.6 is 0 Å². The first-order valence-electron chi connectivity index (χ1n) is 9.26. The van der Waals surface area contributed by atoms with Crippen molar-refractivity contribution in [3.05, 3.63) is 88.3 Å². The smallest absolute Gasteiger partial charge is 0.349 e. The highest BCUT2D eigenvalue weighted by Crippen LogP contribution is 2.25. The quantitative estimate of drug-likeness (QED) is 0.354. The van der Waals surface area contributed by atoms with Crippen LogP contribution in [0, 0.1) is 6.92 Å². The molecule has 0 saturated carbocycles. The van der Waals surface area contributed by atoms with Crippen LogP contribution in [0.5, 0.6) is 0 Å². The molecule has 5 rings (SSSR count). The van der Waals surface area contributed by atoms with Gasteiger partial charge in [-0.1, -0.05) is 53.1 Å². The van der Waals surface area contributed by atoms with Crippen LogP contribution in [0.2, 0.25) is 0 Å². The molecule has 0 bridgehead atoms. The van der Waals surface area contributed by atoms with Crippen LogP contribution in [0.3, 0.4) is 0 Å². The Balaban J connectivity index is 1.50. The summed E-state index contributed by atoms with van der Waals surface area (Å²) in [7, 11) is 0. The molecule has 0 aliphatic heterocycles. The largest absolute Gasteiger partial charge is 0.422 e. The molecule has 7 heteroatoms. The molecule has 146 valence electrons. The monoisotopic (exact) mass is 397 g/mol. The maximum absolute atomic E-state index is 12.7. The molecule has 0 spiro atoms. The zero-order valence-electron chi connectivity index (χ0n) is 15.9. The Labute approximate surface area is 170 Å². The number of nitrogens with one attached hydrogen (secondary N) is 1. The standard InChI is InChI=1S/C23H15N3O4/c1-13-5-4-7-15(11-13)21-25-26-23(30-21)24-20(27)18-12-17-16-8-3-2-6-14(16)9-10-19(17)29-22(18)28/h2-12H,1H3,(H,24,26,27). The summed E-state index contributed by atoms with van der Waals surface area (Å²) in [5, 5.41) is 12.8. The third-order valence-corrected chi connectivity index (χ3v) is 4.80. The number of carbonyl (C=O) groups is 1. The fraction of sp³-hybridized carbons (Fsp3) is 0.0435. The highest BCUT2D eigenvalue weighted by Gasteiger charge is 2.18. The van der Waals surface area contributed by atoms with Crippen LogP contribution in [0.25, 0.3) is 33.2 Å². The van der Waals surface area contributed by atoms with Gasteiger partial charge in [0.2, 0.25) is 5.89 Å². The van der Waals surface area contributed by atoms with Crippen molar-refractivity contribution in [3.8, 4) is 11.5 Å². The average molecular weight is 397 g/mol. The Kier molecular flexibility index (Phi) is 4.14. The molecule has 0 saturated heterocycles. The van der Waals surface area contributed by atoms with E-state index in [-0.39, 0.29) is 17.5 Å². The molecule has 1 N–H and O–H groups in total. The molecule has 2 heterocycles. The third-order valence-electron chi connectivity index (χ3n) is 4.80. The normalized spacial score (nSPS) is 11.1. The molecule has 5 aromatic rings. The number of rotatable bonds is 3. The van der Waals surface area contributed by atoms with Gasteiger partial charge in [-0.2, -0.15) is 0 Å². The van der Waals surface area contributed by atoms with Crippen molar-refractivity contribution in [2.45, 2.75) is 6.92 Å². The van der Waals surface area contributed by atoms with Crippen molar-refractivity contribution in [3.63, 3.8) is 0 Å². The van der Waals surface area contributed by atoms with E-state index in [0.29, 0.717) is 11.0 Å². The van der Waals surface area contributed by atoms with Gasteiger partial charge in [0.1, 0.15) is 11.1 Å². The Morgan fingerprint density at radius 2 is 1.77 bits per heavy atom. The summed E-state index contributed by atoms with van der Waals surface area (Å²) in [6, 6.07) is 20.2. The van der Waals surface area contributed by atoms with E-state index in [4.69, 9.17) is 8.83 Å². The molecule has 0 aliphatic rings. The Morgan fingerprint density at radius 1 is 0.900 bits per heavy atom. The van der Waals surface area contributed by atoms with Gasteiger partial charge >= 0.3 is 11.6 Å². The summed E-state index contributed by atoms with van der Waals surface area (Å²) in [5.41, 5.74) is 1.30. The lowest BCUT2D eigenvalue weighted by Crippen LogP contribution is -2.20. The minimum absolute atomic E-state index is 0.103. The number of aryl methyl sites for hydroxylation is 1. The number of hydrogen-bond donors (Lipinski definition) is 1. The van der Waals surface area contributed by atoms with E-state index < -0.39 is 11.5 Å². The second-order valence-corrected chi connectivity index (χ2v) is 6.88. The van der Waals surface area contributed by atoms with Gasteiger partial charge < -0.3 is 8.83 Å². The summed E-state index contributed by atoms with van der Waals surface area (Å²) in [5.74, 6) is -0.413.